The number of benzene rings is 2. The third kappa shape index (κ3) is 3.86. The van der Waals surface area contributed by atoms with Crippen LogP contribution in [0.15, 0.2) is 48.5 Å². The van der Waals surface area contributed by atoms with Crippen LogP contribution in [-0.4, -0.2) is 13.2 Å². The average Bonchev–Trinajstić information content (AvgIpc) is 2.37. The van der Waals surface area contributed by atoms with Crippen molar-refractivity contribution in [2.45, 2.75) is 0 Å². The van der Waals surface area contributed by atoms with Crippen molar-refractivity contribution in [2.75, 3.05) is 24.2 Å². The molecule has 0 unspecified atom stereocenters. The Kier molecular flexibility index (Phi) is 4.31. The van der Waals surface area contributed by atoms with E-state index in [4.69, 9.17) is 22.1 Å². The Morgan fingerprint density at radius 2 is 1.89 bits per heavy atom. The van der Waals surface area contributed by atoms with Crippen molar-refractivity contribution in [2.24, 2.45) is 0 Å². The first-order valence-corrected chi connectivity index (χ1v) is 6.09. The van der Waals surface area contributed by atoms with Crippen LogP contribution in [0.4, 0.5) is 11.4 Å². The van der Waals surface area contributed by atoms with E-state index in [1.54, 1.807) is 6.07 Å². The van der Waals surface area contributed by atoms with Gasteiger partial charge in [0.05, 0.1) is 0 Å². The number of hydrogen-bond donors (Lipinski definition) is 2. The minimum Gasteiger partial charge on any atom is -0.492 e. The molecule has 0 radical (unpaired) electrons. The molecule has 0 aliphatic heterocycles. The largest absolute Gasteiger partial charge is 0.492 e. The summed E-state index contributed by atoms with van der Waals surface area (Å²) in [7, 11) is 0. The molecule has 0 aliphatic rings. The fourth-order valence-electron chi connectivity index (χ4n) is 1.52. The van der Waals surface area contributed by atoms with Crippen molar-refractivity contribution in [3.05, 3.63) is 53.6 Å². The minimum atomic E-state index is 0.574. The smallest absolute Gasteiger partial charge is 0.120 e. The zero-order valence-electron chi connectivity index (χ0n) is 9.90. The average molecular weight is 263 g/mol. The van der Waals surface area contributed by atoms with E-state index >= 15 is 0 Å². The van der Waals surface area contributed by atoms with Gasteiger partial charge in [0.2, 0.25) is 0 Å². The first-order chi connectivity index (χ1) is 8.74. The lowest BCUT2D eigenvalue weighted by molar-refractivity contribution is 0.333. The van der Waals surface area contributed by atoms with E-state index < -0.39 is 0 Å². The molecule has 0 amide bonds. The van der Waals surface area contributed by atoms with E-state index in [2.05, 4.69) is 5.32 Å². The second-order valence-corrected chi connectivity index (χ2v) is 4.29. The molecular formula is C14H15ClN2O. The molecule has 2 rings (SSSR count). The van der Waals surface area contributed by atoms with Crippen LogP contribution < -0.4 is 15.8 Å². The molecule has 2 aromatic rings. The van der Waals surface area contributed by atoms with Gasteiger partial charge in [0, 0.05) is 22.9 Å². The number of hydrogen-bond acceptors (Lipinski definition) is 3. The van der Waals surface area contributed by atoms with Crippen LogP contribution in [0.25, 0.3) is 0 Å². The number of anilines is 2. The summed E-state index contributed by atoms with van der Waals surface area (Å²) in [6.45, 7) is 1.29. The normalized spacial score (nSPS) is 10.1. The Morgan fingerprint density at radius 1 is 1.11 bits per heavy atom. The van der Waals surface area contributed by atoms with Crippen molar-refractivity contribution < 1.29 is 4.74 Å². The fraction of sp³-hybridized carbons (Fsp3) is 0.143. The molecule has 3 nitrogen and oxygen atoms in total. The third-order valence-electron chi connectivity index (χ3n) is 2.41. The van der Waals surface area contributed by atoms with Gasteiger partial charge in [-0.3, -0.25) is 0 Å². The number of nitrogens with one attached hydrogen (secondary N) is 1. The summed E-state index contributed by atoms with van der Waals surface area (Å²) >= 11 is 5.86. The van der Waals surface area contributed by atoms with Gasteiger partial charge in [-0.05, 0) is 42.5 Å². The molecule has 0 saturated heterocycles. The van der Waals surface area contributed by atoms with Crippen LogP contribution in [0, 0.1) is 0 Å². The monoisotopic (exact) mass is 262 g/mol. The molecule has 0 fully saturated rings. The standard InChI is InChI=1S/C14H15ClN2O/c15-11-2-1-3-14(10-11)18-9-8-17-13-6-4-12(16)5-7-13/h1-7,10,17H,8-9,16H2. The molecule has 2 aromatic carbocycles. The van der Waals surface area contributed by atoms with Crippen molar-refractivity contribution in [3.8, 4) is 5.75 Å². The topological polar surface area (TPSA) is 47.3 Å². The molecule has 0 spiro atoms. The lowest BCUT2D eigenvalue weighted by Gasteiger charge is -2.09. The number of nitrogen functional groups attached to an aromatic ring is 1. The maximum atomic E-state index is 5.86. The summed E-state index contributed by atoms with van der Waals surface area (Å²) in [6.07, 6.45) is 0. The molecule has 0 bridgehead atoms. The lowest BCUT2D eigenvalue weighted by Crippen LogP contribution is -2.11. The van der Waals surface area contributed by atoms with Gasteiger partial charge >= 0.3 is 0 Å². The van der Waals surface area contributed by atoms with Gasteiger partial charge < -0.3 is 15.8 Å². The van der Waals surface area contributed by atoms with Crippen LogP contribution in [0.1, 0.15) is 0 Å². The SMILES string of the molecule is Nc1ccc(NCCOc2cccc(Cl)c2)cc1. The Balaban J connectivity index is 1.74. The Labute approximate surface area is 112 Å². The van der Waals surface area contributed by atoms with E-state index in [-0.39, 0.29) is 0 Å². The predicted molar refractivity (Wildman–Crippen MR) is 76.3 cm³/mol. The van der Waals surface area contributed by atoms with Crippen LogP contribution in [0.3, 0.4) is 0 Å². The molecule has 0 atom stereocenters. The van der Waals surface area contributed by atoms with Crippen LogP contribution in [0.2, 0.25) is 5.02 Å². The summed E-state index contributed by atoms with van der Waals surface area (Å²) in [5, 5.41) is 3.92. The van der Waals surface area contributed by atoms with Gasteiger partial charge in [-0.15, -0.1) is 0 Å². The van der Waals surface area contributed by atoms with Gasteiger partial charge in [0.1, 0.15) is 12.4 Å². The number of ether oxygens (including phenoxy) is 1. The quantitative estimate of drug-likeness (QED) is 0.641. The predicted octanol–water partition coefficient (Wildman–Crippen LogP) is 3.41. The van der Waals surface area contributed by atoms with E-state index in [0.29, 0.717) is 11.6 Å². The van der Waals surface area contributed by atoms with Crippen LogP contribution in [0.5, 0.6) is 5.75 Å². The van der Waals surface area contributed by atoms with E-state index in [1.807, 2.05) is 42.5 Å². The fourth-order valence-corrected chi connectivity index (χ4v) is 1.70. The summed E-state index contributed by atoms with van der Waals surface area (Å²) in [5.41, 5.74) is 7.39. The number of halogens is 1. The second-order valence-electron chi connectivity index (χ2n) is 3.85. The summed E-state index contributed by atoms with van der Waals surface area (Å²) in [4.78, 5) is 0. The molecule has 0 heterocycles. The molecular weight excluding hydrogens is 248 g/mol. The molecule has 0 aromatic heterocycles. The van der Waals surface area contributed by atoms with Crippen molar-refractivity contribution in [1.82, 2.24) is 0 Å². The minimum absolute atomic E-state index is 0.574. The van der Waals surface area contributed by atoms with E-state index in [9.17, 15) is 0 Å². The molecule has 18 heavy (non-hydrogen) atoms. The molecule has 0 saturated carbocycles. The first kappa shape index (κ1) is 12.6. The van der Waals surface area contributed by atoms with Gasteiger partial charge in [0.15, 0.2) is 0 Å². The van der Waals surface area contributed by atoms with Gasteiger partial charge in [-0.25, -0.2) is 0 Å². The van der Waals surface area contributed by atoms with E-state index in [1.165, 1.54) is 0 Å². The van der Waals surface area contributed by atoms with Crippen molar-refractivity contribution >= 4 is 23.0 Å². The first-order valence-electron chi connectivity index (χ1n) is 5.72. The summed E-state index contributed by atoms with van der Waals surface area (Å²) in [5.74, 6) is 0.779. The Hall–Kier alpha value is -1.87. The van der Waals surface area contributed by atoms with Crippen LogP contribution in [-0.2, 0) is 0 Å². The highest BCUT2D eigenvalue weighted by atomic mass is 35.5. The zero-order valence-corrected chi connectivity index (χ0v) is 10.7. The van der Waals surface area contributed by atoms with Crippen molar-refractivity contribution in [3.63, 3.8) is 0 Å². The zero-order chi connectivity index (χ0) is 12.8. The molecule has 94 valence electrons. The van der Waals surface area contributed by atoms with Crippen molar-refractivity contribution in [1.29, 1.82) is 0 Å². The Morgan fingerprint density at radius 3 is 2.61 bits per heavy atom. The number of rotatable bonds is 5. The van der Waals surface area contributed by atoms with Gasteiger partial charge in [-0.2, -0.15) is 0 Å². The highest BCUT2D eigenvalue weighted by Crippen LogP contribution is 2.17. The number of nitrogens with two attached hydrogens (primary N) is 1. The van der Waals surface area contributed by atoms with E-state index in [0.717, 1.165) is 23.7 Å². The highest BCUT2D eigenvalue weighted by molar-refractivity contribution is 6.30. The Bertz CT molecular complexity index is 499. The lowest BCUT2D eigenvalue weighted by atomic mass is 10.3. The van der Waals surface area contributed by atoms with Crippen LogP contribution >= 0.6 is 11.6 Å². The maximum Gasteiger partial charge on any atom is 0.120 e. The highest BCUT2D eigenvalue weighted by Gasteiger charge is 1.95. The molecule has 3 N–H and O–H groups in total. The second kappa shape index (κ2) is 6.17. The maximum absolute atomic E-state index is 5.86. The summed E-state index contributed by atoms with van der Waals surface area (Å²) < 4.78 is 5.56. The summed E-state index contributed by atoms with van der Waals surface area (Å²) in [6, 6.07) is 15.0. The van der Waals surface area contributed by atoms with Gasteiger partial charge in [-0.1, -0.05) is 17.7 Å². The molecule has 4 heteroatoms. The molecule has 0 aliphatic carbocycles. The third-order valence-corrected chi connectivity index (χ3v) is 2.64. The van der Waals surface area contributed by atoms with Gasteiger partial charge in [0.25, 0.3) is 0 Å².